The molecule has 0 saturated heterocycles. The van der Waals surface area contributed by atoms with Crippen LogP contribution in [-0.4, -0.2) is 28.6 Å². The summed E-state index contributed by atoms with van der Waals surface area (Å²) in [4.78, 5) is 11.4. The second-order valence-electron chi connectivity index (χ2n) is 5.86. The molecule has 8 heteroatoms. The number of sulfonamides is 1. The normalized spacial score (nSPS) is 14.7. The molecule has 0 spiro atoms. The molecule has 2 aromatic heterocycles. The monoisotopic (exact) mass is 343 g/mol. The van der Waals surface area contributed by atoms with Gasteiger partial charge in [-0.15, -0.1) is 0 Å². The summed E-state index contributed by atoms with van der Waals surface area (Å²) in [6.45, 7) is 0.538. The molecule has 0 bridgehead atoms. The number of anilines is 2. The molecule has 0 atom stereocenters. The van der Waals surface area contributed by atoms with Crippen molar-refractivity contribution in [1.82, 2.24) is 15.0 Å². The summed E-state index contributed by atoms with van der Waals surface area (Å²) in [6, 6.07) is 9.30. The van der Waals surface area contributed by atoms with Crippen molar-refractivity contribution in [3.63, 3.8) is 0 Å². The molecule has 3 aromatic rings. The minimum atomic E-state index is -3.24. The number of benzene rings is 1. The van der Waals surface area contributed by atoms with Crippen molar-refractivity contribution in [2.24, 2.45) is 0 Å². The van der Waals surface area contributed by atoms with E-state index in [0.29, 0.717) is 12.2 Å². The lowest BCUT2D eigenvalue weighted by Crippen LogP contribution is -2.17. The smallest absolute Gasteiger partial charge is 0.235 e. The summed E-state index contributed by atoms with van der Waals surface area (Å²) < 4.78 is 26.7. The van der Waals surface area contributed by atoms with Crippen molar-refractivity contribution < 1.29 is 8.42 Å². The van der Waals surface area contributed by atoms with Gasteiger partial charge in [-0.1, -0.05) is 12.1 Å². The van der Waals surface area contributed by atoms with Gasteiger partial charge in [0, 0.05) is 18.4 Å². The summed E-state index contributed by atoms with van der Waals surface area (Å²) in [5, 5.41) is 3.95. The Morgan fingerprint density at radius 1 is 1.21 bits per heavy atom. The van der Waals surface area contributed by atoms with Crippen molar-refractivity contribution >= 4 is 32.6 Å². The third-order valence-corrected chi connectivity index (χ3v) is 5.83. The molecule has 124 valence electrons. The molecule has 7 nitrogen and oxygen atoms in total. The fourth-order valence-corrected chi connectivity index (χ4v) is 3.95. The van der Waals surface area contributed by atoms with E-state index in [-0.39, 0.29) is 5.25 Å². The predicted molar refractivity (Wildman–Crippen MR) is 93.2 cm³/mol. The number of rotatable bonds is 6. The standard InChI is InChI=1S/C16H17N5O2S/c22-24(23,13-4-5-13)21-12-3-1-2-11(8-12)9-18-16-14-6-7-17-15(14)19-10-20-16/h1-3,6-8,10,13,21H,4-5,9H2,(H2,17,18,19,20). The van der Waals surface area contributed by atoms with Crippen LogP contribution in [0.1, 0.15) is 18.4 Å². The first-order valence-electron chi connectivity index (χ1n) is 7.74. The fourth-order valence-electron chi connectivity index (χ4n) is 2.57. The topological polar surface area (TPSA) is 99.8 Å². The van der Waals surface area contributed by atoms with Crippen molar-refractivity contribution in [3.8, 4) is 0 Å². The molecule has 4 rings (SSSR count). The van der Waals surface area contributed by atoms with E-state index in [1.165, 1.54) is 6.33 Å². The largest absolute Gasteiger partial charge is 0.365 e. The van der Waals surface area contributed by atoms with Crippen LogP contribution in [0, 0.1) is 0 Å². The SMILES string of the molecule is O=S(=O)(Nc1cccc(CNc2ncnc3[nH]ccc23)c1)C1CC1. The number of nitrogens with zero attached hydrogens (tertiary/aromatic N) is 2. The van der Waals surface area contributed by atoms with Gasteiger partial charge in [0.25, 0.3) is 0 Å². The number of aromatic nitrogens is 3. The number of hydrogen-bond acceptors (Lipinski definition) is 5. The van der Waals surface area contributed by atoms with Crippen molar-refractivity contribution in [2.75, 3.05) is 10.0 Å². The second kappa shape index (κ2) is 5.79. The van der Waals surface area contributed by atoms with Crippen molar-refractivity contribution in [1.29, 1.82) is 0 Å². The maximum Gasteiger partial charge on any atom is 0.235 e. The van der Waals surface area contributed by atoms with Gasteiger partial charge in [0.05, 0.1) is 10.6 Å². The first-order chi connectivity index (χ1) is 11.6. The minimum absolute atomic E-state index is 0.234. The van der Waals surface area contributed by atoms with Crippen molar-refractivity contribution in [3.05, 3.63) is 48.4 Å². The Hall–Kier alpha value is -2.61. The highest BCUT2D eigenvalue weighted by Gasteiger charge is 2.35. The Morgan fingerprint density at radius 3 is 2.92 bits per heavy atom. The number of hydrogen-bond donors (Lipinski definition) is 3. The summed E-state index contributed by atoms with van der Waals surface area (Å²) in [7, 11) is -3.24. The second-order valence-corrected chi connectivity index (χ2v) is 7.82. The van der Waals surface area contributed by atoms with E-state index in [2.05, 4.69) is 25.0 Å². The molecule has 24 heavy (non-hydrogen) atoms. The van der Waals surface area contributed by atoms with E-state index in [0.717, 1.165) is 35.3 Å². The van der Waals surface area contributed by atoms with E-state index in [1.54, 1.807) is 6.07 Å². The van der Waals surface area contributed by atoms with Crippen LogP contribution in [0.2, 0.25) is 0 Å². The maximum atomic E-state index is 12.0. The minimum Gasteiger partial charge on any atom is -0.365 e. The third-order valence-electron chi connectivity index (χ3n) is 3.96. The van der Waals surface area contributed by atoms with Gasteiger partial charge in [-0.05, 0) is 36.6 Å². The third kappa shape index (κ3) is 3.05. The zero-order valence-electron chi connectivity index (χ0n) is 12.9. The van der Waals surface area contributed by atoms with Gasteiger partial charge in [0.1, 0.15) is 17.8 Å². The molecular formula is C16H17N5O2S. The highest BCUT2D eigenvalue weighted by atomic mass is 32.2. The fraction of sp³-hybridized carbons (Fsp3) is 0.250. The molecule has 0 aliphatic heterocycles. The summed E-state index contributed by atoms with van der Waals surface area (Å²) in [5.41, 5.74) is 2.34. The Balaban J connectivity index is 1.49. The highest BCUT2D eigenvalue weighted by molar-refractivity contribution is 7.93. The van der Waals surface area contributed by atoms with Crippen LogP contribution in [0.15, 0.2) is 42.9 Å². The van der Waals surface area contributed by atoms with Gasteiger partial charge in [-0.3, -0.25) is 4.72 Å². The maximum absolute atomic E-state index is 12.0. The molecule has 0 radical (unpaired) electrons. The zero-order valence-corrected chi connectivity index (χ0v) is 13.7. The zero-order chi connectivity index (χ0) is 16.6. The van der Waals surface area contributed by atoms with Crippen LogP contribution in [0.25, 0.3) is 11.0 Å². The van der Waals surface area contributed by atoms with E-state index in [4.69, 9.17) is 0 Å². The summed E-state index contributed by atoms with van der Waals surface area (Å²) in [6.07, 6.45) is 4.81. The number of aromatic amines is 1. The quantitative estimate of drug-likeness (QED) is 0.638. The first-order valence-corrected chi connectivity index (χ1v) is 9.29. The van der Waals surface area contributed by atoms with Crippen LogP contribution >= 0.6 is 0 Å². The van der Waals surface area contributed by atoms with Gasteiger partial charge < -0.3 is 10.3 Å². The lowest BCUT2D eigenvalue weighted by molar-refractivity contribution is 0.600. The molecule has 1 fully saturated rings. The Labute approximate surface area is 139 Å². The molecular weight excluding hydrogens is 326 g/mol. The van der Waals surface area contributed by atoms with Crippen LogP contribution in [0.4, 0.5) is 11.5 Å². The van der Waals surface area contributed by atoms with Crippen LogP contribution in [0.5, 0.6) is 0 Å². The Morgan fingerprint density at radius 2 is 2.08 bits per heavy atom. The molecule has 1 saturated carbocycles. The van der Waals surface area contributed by atoms with Gasteiger partial charge in [0.15, 0.2) is 0 Å². The van der Waals surface area contributed by atoms with E-state index in [1.807, 2.05) is 30.5 Å². The van der Waals surface area contributed by atoms with Crippen molar-refractivity contribution in [2.45, 2.75) is 24.6 Å². The predicted octanol–water partition coefficient (Wildman–Crippen LogP) is 2.47. The molecule has 1 aliphatic rings. The molecule has 0 unspecified atom stereocenters. The lowest BCUT2D eigenvalue weighted by Gasteiger charge is -2.10. The number of nitrogens with one attached hydrogen (secondary N) is 3. The molecule has 3 N–H and O–H groups in total. The number of H-pyrrole nitrogens is 1. The molecule has 1 aliphatic carbocycles. The Kier molecular flexibility index (Phi) is 3.61. The Bertz CT molecular complexity index is 979. The highest BCUT2D eigenvalue weighted by Crippen LogP contribution is 2.29. The van der Waals surface area contributed by atoms with E-state index >= 15 is 0 Å². The van der Waals surface area contributed by atoms with Crippen LogP contribution in [0.3, 0.4) is 0 Å². The first kappa shape index (κ1) is 14.9. The average Bonchev–Trinajstić information content (AvgIpc) is 3.32. The van der Waals surface area contributed by atoms with Crippen LogP contribution < -0.4 is 10.0 Å². The van der Waals surface area contributed by atoms with Gasteiger partial charge in [-0.25, -0.2) is 18.4 Å². The van der Waals surface area contributed by atoms with Gasteiger partial charge >= 0.3 is 0 Å². The summed E-state index contributed by atoms with van der Waals surface area (Å²) >= 11 is 0. The van der Waals surface area contributed by atoms with Gasteiger partial charge in [-0.2, -0.15) is 0 Å². The number of fused-ring (bicyclic) bond motifs is 1. The molecule has 2 heterocycles. The van der Waals surface area contributed by atoms with E-state index in [9.17, 15) is 8.42 Å². The average molecular weight is 343 g/mol. The van der Waals surface area contributed by atoms with E-state index < -0.39 is 10.0 Å². The molecule has 0 amide bonds. The molecule has 1 aromatic carbocycles. The summed E-state index contributed by atoms with van der Waals surface area (Å²) in [5.74, 6) is 0.741. The van der Waals surface area contributed by atoms with Gasteiger partial charge in [0.2, 0.25) is 10.0 Å². The lowest BCUT2D eigenvalue weighted by atomic mass is 10.2. The van der Waals surface area contributed by atoms with Crippen LogP contribution in [-0.2, 0) is 16.6 Å².